The van der Waals surface area contributed by atoms with Gasteiger partial charge < -0.3 is 19.9 Å². The second kappa shape index (κ2) is 11.1. The lowest BCUT2D eigenvalue weighted by Gasteiger charge is -2.36. The van der Waals surface area contributed by atoms with E-state index in [1.54, 1.807) is 4.90 Å². The van der Waals surface area contributed by atoms with Crippen molar-refractivity contribution in [2.75, 3.05) is 36.4 Å². The molecule has 0 bridgehead atoms. The molecule has 2 aliphatic rings. The number of rotatable bonds is 4. The Balaban J connectivity index is 1.39. The molecule has 0 atom stereocenters. The van der Waals surface area contributed by atoms with E-state index >= 15 is 0 Å². The van der Waals surface area contributed by atoms with E-state index in [2.05, 4.69) is 10.2 Å². The lowest BCUT2D eigenvalue weighted by atomic mass is 9.86. The molecule has 6 nitrogen and oxygen atoms in total. The first-order valence-electron chi connectivity index (χ1n) is 12.9. The van der Waals surface area contributed by atoms with Gasteiger partial charge in [0.1, 0.15) is 5.60 Å². The van der Waals surface area contributed by atoms with Crippen molar-refractivity contribution in [3.8, 4) is 0 Å². The summed E-state index contributed by atoms with van der Waals surface area (Å²) in [6.07, 6.45) is -1.70. The molecule has 2 aromatic rings. The first kappa shape index (κ1) is 27.5. The van der Waals surface area contributed by atoms with E-state index < -0.39 is 17.3 Å². The monoisotopic (exact) mass is 529 g/mol. The number of halogens is 3. The Morgan fingerprint density at radius 3 is 2.03 bits per heavy atom. The van der Waals surface area contributed by atoms with E-state index in [0.29, 0.717) is 55.8 Å². The van der Waals surface area contributed by atoms with Crippen molar-refractivity contribution in [3.63, 3.8) is 0 Å². The van der Waals surface area contributed by atoms with Gasteiger partial charge in [-0.1, -0.05) is 12.1 Å². The lowest BCUT2D eigenvalue weighted by molar-refractivity contribution is -0.137. The third-order valence-corrected chi connectivity index (χ3v) is 6.72. The SMILES string of the molecule is CC(C)(C)OC(=O)N1CCN(c2ccc(NC(=O)C3=C(c4ccc(C(F)(F)F)cc4)CCCC3)cc2)CC1. The Hall–Kier alpha value is -3.49. The highest BCUT2D eigenvalue weighted by Gasteiger charge is 2.30. The van der Waals surface area contributed by atoms with Crippen LogP contribution in [0.4, 0.5) is 29.3 Å². The molecule has 1 N–H and O–H groups in total. The molecular formula is C29H34F3N3O3. The van der Waals surface area contributed by atoms with E-state index in [0.717, 1.165) is 36.2 Å². The highest BCUT2D eigenvalue weighted by molar-refractivity contribution is 6.09. The molecule has 0 unspecified atom stereocenters. The molecule has 0 saturated carbocycles. The standard InChI is InChI=1S/C29H34F3N3O3/c1-28(2,3)38-27(37)35-18-16-34(17-19-35)23-14-12-22(13-15-23)33-26(36)25-7-5-4-6-24(25)20-8-10-21(11-9-20)29(30,31)32/h8-15H,4-7,16-19H2,1-3H3,(H,33,36). The van der Waals surface area contributed by atoms with Crippen LogP contribution >= 0.6 is 0 Å². The fourth-order valence-electron chi connectivity index (χ4n) is 4.77. The predicted molar refractivity (Wildman–Crippen MR) is 142 cm³/mol. The molecule has 38 heavy (non-hydrogen) atoms. The molecule has 0 aromatic heterocycles. The normalized spacial score (nSPS) is 16.9. The summed E-state index contributed by atoms with van der Waals surface area (Å²) in [5.41, 5.74) is 2.50. The molecule has 204 valence electrons. The van der Waals surface area contributed by atoms with Crippen LogP contribution in [0, 0.1) is 0 Å². The van der Waals surface area contributed by atoms with Crippen molar-refractivity contribution in [1.29, 1.82) is 0 Å². The zero-order chi connectivity index (χ0) is 27.5. The Morgan fingerprint density at radius 1 is 0.842 bits per heavy atom. The van der Waals surface area contributed by atoms with Gasteiger partial charge >= 0.3 is 12.3 Å². The van der Waals surface area contributed by atoms with Gasteiger partial charge in [0.2, 0.25) is 0 Å². The lowest BCUT2D eigenvalue weighted by Crippen LogP contribution is -2.50. The van der Waals surface area contributed by atoms with E-state index in [-0.39, 0.29) is 12.0 Å². The first-order valence-corrected chi connectivity index (χ1v) is 12.9. The summed E-state index contributed by atoms with van der Waals surface area (Å²) in [4.78, 5) is 29.3. The van der Waals surface area contributed by atoms with Gasteiger partial charge in [0, 0.05) is 43.1 Å². The van der Waals surface area contributed by atoms with Gasteiger partial charge in [-0.25, -0.2) is 4.79 Å². The van der Waals surface area contributed by atoms with Crippen LogP contribution in [0.3, 0.4) is 0 Å². The molecule has 1 aliphatic heterocycles. The zero-order valence-corrected chi connectivity index (χ0v) is 22.0. The number of carbonyl (C=O) groups is 2. The van der Waals surface area contributed by atoms with Crippen LogP contribution < -0.4 is 10.2 Å². The van der Waals surface area contributed by atoms with Gasteiger partial charge in [0.25, 0.3) is 5.91 Å². The fourth-order valence-corrected chi connectivity index (χ4v) is 4.77. The third-order valence-electron chi connectivity index (χ3n) is 6.72. The molecule has 0 spiro atoms. The molecular weight excluding hydrogens is 495 g/mol. The van der Waals surface area contributed by atoms with Crippen LogP contribution in [0.5, 0.6) is 0 Å². The second-order valence-electron chi connectivity index (χ2n) is 10.7. The minimum absolute atomic E-state index is 0.224. The average molecular weight is 530 g/mol. The minimum atomic E-state index is -4.39. The van der Waals surface area contributed by atoms with Gasteiger partial charge in [-0.3, -0.25) is 4.79 Å². The number of piperazine rings is 1. The molecule has 9 heteroatoms. The van der Waals surface area contributed by atoms with E-state index in [1.807, 2.05) is 45.0 Å². The van der Waals surface area contributed by atoms with Crippen molar-refractivity contribution in [1.82, 2.24) is 4.90 Å². The van der Waals surface area contributed by atoms with Crippen LogP contribution in [-0.4, -0.2) is 48.7 Å². The first-order chi connectivity index (χ1) is 17.9. The Morgan fingerprint density at radius 2 is 1.45 bits per heavy atom. The van der Waals surface area contributed by atoms with Crippen LogP contribution in [0.2, 0.25) is 0 Å². The van der Waals surface area contributed by atoms with Crippen molar-refractivity contribution in [3.05, 3.63) is 65.2 Å². The number of ether oxygens (including phenoxy) is 1. The molecule has 0 radical (unpaired) electrons. The molecule has 1 heterocycles. The summed E-state index contributed by atoms with van der Waals surface area (Å²) in [5.74, 6) is -0.224. The molecule has 2 amide bonds. The summed E-state index contributed by atoms with van der Waals surface area (Å²) < 4.78 is 44.3. The van der Waals surface area contributed by atoms with E-state index in [9.17, 15) is 22.8 Å². The Kier molecular flexibility index (Phi) is 8.04. The maximum atomic E-state index is 13.2. The second-order valence-corrected chi connectivity index (χ2v) is 10.7. The highest BCUT2D eigenvalue weighted by atomic mass is 19.4. The van der Waals surface area contributed by atoms with Crippen molar-refractivity contribution in [2.24, 2.45) is 0 Å². The smallest absolute Gasteiger partial charge is 0.416 e. The number of amides is 2. The molecule has 1 aliphatic carbocycles. The number of benzene rings is 2. The van der Waals surface area contributed by atoms with Crippen LogP contribution in [0.15, 0.2) is 54.1 Å². The summed E-state index contributed by atoms with van der Waals surface area (Å²) in [6.45, 7) is 8.02. The van der Waals surface area contributed by atoms with E-state index in [4.69, 9.17) is 4.74 Å². The van der Waals surface area contributed by atoms with Crippen molar-refractivity contribution >= 4 is 28.9 Å². The number of nitrogens with zero attached hydrogens (tertiary/aromatic N) is 2. The maximum Gasteiger partial charge on any atom is 0.416 e. The number of hydrogen-bond donors (Lipinski definition) is 1. The van der Waals surface area contributed by atoms with Crippen molar-refractivity contribution in [2.45, 2.75) is 58.2 Å². The topological polar surface area (TPSA) is 61.9 Å². The van der Waals surface area contributed by atoms with Gasteiger partial charge in [-0.05, 0) is 94.0 Å². The quantitative estimate of drug-likeness (QED) is 0.477. The number of hydrogen-bond acceptors (Lipinski definition) is 4. The molecule has 4 rings (SSSR count). The summed E-state index contributed by atoms with van der Waals surface area (Å²) in [6, 6.07) is 12.6. The third kappa shape index (κ3) is 6.88. The minimum Gasteiger partial charge on any atom is -0.444 e. The zero-order valence-electron chi connectivity index (χ0n) is 22.0. The van der Waals surface area contributed by atoms with Crippen LogP contribution in [-0.2, 0) is 15.7 Å². The summed E-state index contributed by atoms with van der Waals surface area (Å²) in [5, 5.41) is 2.96. The molecule has 2 aromatic carbocycles. The summed E-state index contributed by atoms with van der Waals surface area (Å²) in [7, 11) is 0. The largest absolute Gasteiger partial charge is 0.444 e. The predicted octanol–water partition coefficient (Wildman–Crippen LogP) is 6.73. The van der Waals surface area contributed by atoms with Crippen LogP contribution in [0.1, 0.15) is 57.6 Å². The Bertz CT molecular complexity index is 1170. The maximum absolute atomic E-state index is 13.2. The van der Waals surface area contributed by atoms with Gasteiger partial charge in [-0.2, -0.15) is 13.2 Å². The number of nitrogens with one attached hydrogen (secondary N) is 1. The van der Waals surface area contributed by atoms with Crippen LogP contribution in [0.25, 0.3) is 5.57 Å². The number of carbonyl (C=O) groups excluding carboxylic acids is 2. The average Bonchev–Trinajstić information content (AvgIpc) is 2.88. The highest BCUT2D eigenvalue weighted by Crippen LogP contribution is 2.35. The van der Waals surface area contributed by atoms with Gasteiger partial charge in [0.05, 0.1) is 5.56 Å². The molecule has 1 fully saturated rings. The number of allylic oxidation sites excluding steroid dienone is 1. The Labute approximate surface area is 221 Å². The summed E-state index contributed by atoms with van der Waals surface area (Å²) >= 11 is 0. The number of anilines is 2. The van der Waals surface area contributed by atoms with Crippen molar-refractivity contribution < 1.29 is 27.5 Å². The van der Waals surface area contributed by atoms with Gasteiger partial charge in [-0.15, -0.1) is 0 Å². The number of alkyl halides is 3. The fraction of sp³-hybridized carbons (Fsp3) is 0.448. The molecule has 1 saturated heterocycles. The van der Waals surface area contributed by atoms with Gasteiger partial charge in [0.15, 0.2) is 0 Å². The van der Waals surface area contributed by atoms with E-state index in [1.165, 1.54) is 12.1 Å².